The SMILES string of the molecule is Cc1nccc(-c2noc(C3COCCC3N)n2)n1. The van der Waals surface area contributed by atoms with Gasteiger partial charge in [-0.1, -0.05) is 5.16 Å². The molecule has 2 unspecified atom stereocenters. The summed E-state index contributed by atoms with van der Waals surface area (Å²) >= 11 is 0. The molecule has 7 heteroatoms. The van der Waals surface area contributed by atoms with Crippen molar-refractivity contribution < 1.29 is 9.26 Å². The lowest BCUT2D eigenvalue weighted by Crippen LogP contribution is -2.37. The first-order valence-electron chi connectivity index (χ1n) is 6.21. The summed E-state index contributed by atoms with van der Waals surface area (Å²) in [5.41, 5.74) is 6.70. The van der Waals surface area contributed by atoms with E-state index >= 15 is 0 Å². The van der Waals surface area contributed by atoms with E-state index in [0.717, 1.165) is 6.42 Å². The largest absolute Gasteiger partial charge is 0.381 e. The first kappa shape index (κ1) is 12.2. The lowest BCUT2D eigenvalue weighted by molar-refractivity contribution is 0.0590. The molecule has 3 rings (SSSR count). The minimum Gasteiger partial charge on any atom is -0.381 e. The van der Waals surface area contributed by atoms with Crippen molar-refractivity contribution in [3.63, 3.8) is 0 Å². The van der Waals surface area contributed by atoms with Crippen molar-refractivity contribution in [1.82, 2.24) is 20.1 Å². The van der Waals surface area contributed by atoms with Crippen LogP contribution in [-0.2, 0) is 4.74 Å². The van der Waals surface area contributed by atoms with E-state index in [-0.39, 0.29) is 12.0 Å². The van der Waals surface area contributed by atoms with Gasteiger partial charge in [0.25, 0.3) is 0 Å². The molecule has 1 saturated heterocycles. The molecule has 0 bridgehead atoms. The zero-order chi connectivity index (χ0) is 13.2. The average Bonchev–Trinajstić information content (AvgIpc) is 2.89. The molecule has 100 valence electrons. The Kier molecular flexibility index (Phi) is 3.22. The van der Waals surface area contributed by atoms with Gasteiger partial charge in [0.2, 0.25) is 11.7 Å². The molecule has 1 aliphatic rings. The molecule has 0 aromatic carbocycles. The van der Waals surface area contributed by atoms with E-state index in [9.17, 15) is 0 Å². The maximum absolute atomic E-state index is 6.05. The average molecular weight is 261 g/mol. The van der Waals surface area contributed by atoms with E-state index in [0.29, 0.717) is 36.4 Å². The smallest absolute Gasteiger partial charge is 0.234 e. The van der Waals surface area contributed by atoms with Gasteiger partial charge in [0.15, 0.2) is 0 Å². The third kappa shape index (κ3) is 2.47. The van der Waals surface area contributed by atoms with Crippen molar-refractivity contribution >= 4 is 0 Å². The number of nitrogens with zero attached hydrogens (tertiary/aromatic N) is 4. The quantitative estimate of drug-likeness (QED) is 0.847. The second-order valence-corrected chi connectivity index (χ2v) is 4.58. The van der Waals surface area contributed by atoms with Crippen LogP contribution in [-0.4, -0.2) is 39.4 Å². The van der Waals surface area contributed by atoms with Crippen LogP contribution in [0.1, 0.15) is 24.1 Å². The summed E-state index contributed by atoms with van der Waals surface area (Å²) in [6.07, 6.45) is 2.47. The Balaban J connectivity index is 1.86. The molecule has 19 heavy (non-hydrogen) atoms. The first-order chi connectivity index (χ1) is 9.24. The van der Waals surface area contributed by atoms with E-state index in [1.807, 2.05) is 6.92 Å². The molecule has 0 aliphatic carbocycles. The molecule has 1 fully saturated rings. The monoisotopic (exact) mass is 261 g/mol. The Morgan fingerprint density at radius 2 is 2.26 bits per heavy atom. The summed E-state index contributed by atoms with van der Waals surface area (Å²) in [5, 5.41) is 3.95. The fraction of sp³-hybridized carbons (Fsp3) is 0.500. The predicted octanol–water partition coefficient (Wildman–Crippen LogP) is 0.666. The van der Waals surface area contributed by atoms with Crippen LogP contribution in [0.4, 0.5) is 0 Å². The minimum atomic E-state index is -0.0436. The van der Waals surface area contributed by atoms with Gasteiger partial charge in [0.05, 0.1) is 12.5 Å². The van der Waals surface area contributed by atoms with Crippen LogP contribution >= 0.6 is 0 Å². The lowest BCUT2D eigenvalue weighted by Gasteiger charge is -2.25. The zero-order valence-corrected chi connectivity index (χ0v) is 10.6. The van der Waals surface area contributed by atoms with Crippen molar-refractivity contribution in [2.45, 2.75) is 25.3 Å². The number of rotatable bonds is 2. The molecular formula is C12H15N5O2. The Morgan fingerprint density at radius 1 is 1.37 bits per heavy atom. The lowest BCUT2D eigenvalue weighted by atomic mass is 9.97. The highest BCUT2D eigenvalue weighted by molar-refractivity contribution is 5.47. The van der Waals surface area contributed by atoms with Crippen LogP contribution < -0.4 is 5.73 Å². The molecule has 0 spiro atoms. The second-order valence-electron chi connectivity index (χ2n) is 4.58. The summed E-state index contributed by atoms with van der Waals surface area (Å²) in [5.74, 6) is 1.59. The molecule has 0 saturated carbocycles. The number of hydrogen-bond acceptors (Lipinski definition) is 7. The highest BCUT2D eigenvalue weighted by Gasteiger charge is 2.29. The summed E-state index contributed by atoms with van der Waals surface area (Å²) in [4.78, 5) is 12.7. The van der Waals surface area contributed by atoms with Gasteiger partial charge < -0.3 is 15.0 Å². The van der Waals surface area contributed by atoms with Crippen LogP contribution in [0.2, 0.25) is 0 Å². The molecule has 0 radical (unpaired) electrons. The van der Waals surface area contributed by atoms with Crippen LogP contribution in [0, 0.1) is 6.92 Å². The van der Waals surface area contributed by atoms with Crippen LogP contribution in [0.5, 0.6) is 0 Å². The normalized spacial score (nSPS) is 23.5. The van der Waals surface area contributed by atoms with E-state index in [1.54, 1.807) is 12.3 Å². The number of nitrogens with two attached hydrogens (primary N) is 1. The van der Waals surface area contributed by atoms with Gasteiger partial charge in [-0.2, -0.15) is 4.98 Å². The van der Waals surface area contributed by atoms with E-state index in [1.165, 1.54) is 0 Å². The van der Waals surface area contributed by atoms with Gasteiger partial charge in [-0.25, -0.2) is 9.97 Å². The van der Waals surface area contributed by atoms with Crippen LogP contribution in [0.25, 0.3) is 11.5 Å². The molecule has 7 nitrogen and oxygen atoms in total. The number of aryl methyl sites for hydroxylation is 1. The Morgan fingerprint density at radius 3 is 3.05 bits per heavy atom. The molecular weight excluding hydrogens is 246 g/mol. The van der Waals surface area contributed by atoms with Crippen molar-refractivity contribution in [3.05, 3.63) is 24.0 Å². The highest BCUT2D eigenvalue weighted by atomic mass is 16.5. The standard InChI is InChI=1S/C12H15N5O2/c1-7-14-4-2-10(15-7)11-16-12(19-17-11)8-6-18-5-3-9(8)13/h2,4,8-9H,3,5-6,13H2,1H3. The predicted molar refractivity (Wildman–Crippen MR) is 66.2 cm³/mol. The third-order valence-corrected chi connectivity index (χ3v) is 3.17. The second kappa shape index (κ2) is 5.02. The van der Waals surface area contributed by atoms with Crippen molar-refractivity contribution in [2.24, 2.45) is 5.73 Å². The molecule has 1 aliphatic heterocycles. The molecule has 2 atom stereocenters. The van der Waals surface area contributed by atoms with E-state index in [4.69, 9.17) is 15.0 Å². The van der Waals surface area contributed by atoms with Crippen molar-refractivity contribution in [1.29, 1.82) is 0 Å². The summed E-state index contributed by atoms with van der Waals surface area (Å²) in [6.45, 7) is 3.02. The minimum absolute atomic E-state index is 0.00538. The Labute approximate surface area is 110 Å². The fourth-order valence-electron chi connectivity index (χ4n) is 2.08. The number of ether oxygens (including phenoxy) is 1. The van der Waals surface area contributed by atoms with E-state index < -0.39 is 0 Å². The highest BCUT2D eigenvalue weighted by Crippen LogP contribution is 2.25. The van der Waals surface area contributed by atoms with Crippen molar-refractivity contribution in [3.8, 4) is 11.5 Å². The number of aromatic nitrogens is 4. The van der Waals surface area contributed by atoms with Crippen molar-refractivity contribution in [2.75, 3.05) is 13.2 Å². The Hall–Kier alpha value is -1.86. The fourth-order valence-corrected chi connectivity index (χ4v) is 2.08. The molecule has 2 aromatic heterocycles. The van der Waals surface area contributed by atoms with Crippen LogP contribution in [0.15, 0.2) is 16.8 Å². The maximum atomic E-state index is 6.05. The van der Waals surface area contributed by atoms with Crippen LogP contribution in [0.3, 0.4) is 0 Å². The zero-order valence-electron chi connectivity index (χ0n) is 10.6. The summed E-state index contributed by atoms with van der Waals surface area (Å²) in [7, 11) is 0. The van der Waals surface area contributed by atoms with E-state index in [2.05, 4.69) is 20.1 Å². The van der Waals surface area contributed by atoms with Gasteiger partial charge in [0.1, 0.15) is 11.5 Å². The maximum Gasteiger partial charge on any atom is 0.234 e. The van der Waals surface area contributed by atoms with Gasteiger partial charge in [-0.3, -0.25) is 0 Å². The molecule has 0 amide bonds. The van der Waals surface area contributed by atoms with Gasteiger partial charge in [-0.15, -0.1) is 0 Å². The van der Waals surface area contributed by atoms with Gasteiger partial charge in [0, 0.05) is 18.8 Å². The topological polar surface area (TPSA) is 100.0 Å². The van der Waals surface area contributed by atoms with Gasteiger partial charge >= 0.3 is 0 Å². The Bertz CT molecular complexity index is 571. The molecule has 2 aromatic rings. The summed E-state index contributed by atoms with van der Waals surface area (Å²) < 4.78 is 10.7. The molecule has 2 N–H and O–H groups in total. The first-order valence-corrected chi connectivity index (χ1v) is 6.21. The number of hydrogen-bond donors (Lipinski definition) is 1. The summed E-state index contributed by atoms with van der Waals surface area (Å²) in [6, 6.07) is 1.74. The molecule has 3 heterocycles. The van der Waals surface area contributed by atoms with Gasteiger partial charge in [-0.05, 0) is 19.4 Å². The third-order valence-electron chi connectivity index (χ3n) is 3.17.